The Morgan fingerprint density at radius 3 is 2.54 bits per heavy atom. The summed E-state index contributed by atoms with van der Waals surface area (Å²) in [6.45, 7) is 4.37. The van der Waals surface area contributed by atoms with Crippen LogP contribution in [-0.4, -0.2) is 83.6 Å². The Morgan fingerprint density at radius 1 is 1.10 bits per heavy atom. The number of hydrogen-bond donors (Lipinski definition) is 4. The van der Waals surface area contributed by atoms with Crippen LogP contribution in [0.3, 0.4) is 0 Å². The summed E-state index contributed by atoms with van der Waals surface area (Å²) in [5.74, 6) is 2.18. The van der Waals surface area contributed by atoms with E-state index >= 15 is 0 Å². The van der Waals surface area contributed by atoms with Crippen LogP contribution in [0.1, 0.15) is 34.7 Å². The van der Waals surface area contributed by atoms with E-state index in [0.717, 1.165) is 5.56 Å². The zero-order chi connectivity index (χ0) is 29.5. The number of hydrogen-bond acceptors (Lipinski definition) is 9. The summed E-state index contributed by atoms with van der Waals surface area (Å²) in [5.41, 5.74) is 0.601. The normalized spacial score (nSPS) is 25.2. The van der Waals surface area contributed by atoms with E-state index in [-0.39, 0.29) is 36.7 Å². The topological polar surface area (TPSA) is 170 Å². The smallest absolute Gasteiger partial charge is 0.339 e. The van der Waals surface area contributed by atoms with Crippen molar-refractivity contribution in [1.82, 2.24) is 5.32 Å². The molecule has 0 radical (unpaired) electrons. The quantitative estimate of drug-likeness (QED) is 0.257. The first-order valence-electron chi connectivity index (χ1n) is 12.6. The third-order valence-electron chi connectivity index (χ3n) is 6.31. The van der Waals surface area contributed by atoms with Gasteiger partial charge in [-0.15, -0.1) is 0 Å². The molecule has 6 atom stereocenters. The molecule has 0 aromatic heterocycles. The van der Waals surface area contributed by atoms with E-state index in [9.17, 15) is 29.7 Å². The van der Waals surface area contributed by atoms with E-state index in [4.69, 9.17) is 23.7 Å². The van der Waals surface area contributed by atoms with E-state index in [2.05, 4.69) is 23.7 Å². The van der Waals surface area contributed by atoms with Gasteiger partial charge in [-0.05, 0) is 18.2 Å². The summed E-state index contributed by atoms with van der Waals surface area (Å²) in [5, 5.41) is 30.9. The number of carbonyl (C=O) groups excluding carboxylic acids is 1. The lowest BCUT2D eigenvalue weighted by atomic mass is 9.95. The predicted octanol–water partition coefficient (Wildman–Crippen LogP) is 1.83. The molecule has 2 aromatic rings. The van der Waals surface area contributed by atoms with Crippen molar-refractivity contribution in [3.05, 3.63) is 77.4 Å². The molecule has 0 unspecified atom stereocenters. The largest absolute Gasteiger partial charge is 0.507 e. The Bertz CT molecular complexity index is 1350. The minimum atomic E-state index is -1.30. The van der Waals surface area contributed by atoms with Crippen LogP contribution >= 0.6 is 0 Å². The number of amides is 1. The van der Waals surface area contributed by atoms with Crippen LogP contribution in [0.25, 0.3) is 0 Å². The van der Waals surface area contributed by atoms with Crippen molar-refractivity contribution in [2.45, 2.75) is 43.9 Å². The average molecular weight is 568 g/mol. The molecule has 2 aliphatic heterocycles. The number of rotatable bonds is 9. The lowest BCUT2D eigenvalue weighted by molar-refractivity contribution is -0.346. The number of fused-ring (bicyclic) bond motifs is 1. The molecule has 2 aromatic carbocycles. The number of aliphatic carboxylic acids is 1. The van der Waals surface area contributed by atoms with E-state index < -0.39 is 54.8 Å². The minimum absolute atomic E-state index is 0.0910. The maximum Gasteiger partial charge on any atom is 0.339 e. The third kappa shape index (κ3) is 7.49. The maximum absolute atomic E-state index is 12.2. The van der Waals surface area contributed by atoms with Gasteiger partial charge in [-0.3, -0.25) is 4.79 Å². The first-order valence-corrected chi connectivity index (χ1v) is 12.6. The van der Waals surface area contributed by atoms with Gasteiger partial charge >= 0.3 is 11.9 Å². The summed E-state index contributed by atoms with van der Waals surface area (Å²) in [6.07, 6.45) is -4.23. The summed E-state index contributed by atoms with van der Waals surface area (Å²) < 4.78 is 30.0. The fourth-order valence-electron chi connectivity index (χ4n) is 4.39. The highest BCUT2D eigenvalue weighted by Gasteiger charge is 2.51. The number of carbonyl (C=O) groups is 3. The number of carboxylic acids is 2. The fraction of sp³-hybridized carbons (Fsp3) is 0.345. The van der Waals surface area contributed by atoms with Crippen LogP contribution in [0, 0.1) is 11.8 Å². The van der Waals surface area contributed by atoms with E-state index in [1.807, 2.05) is 30.3 Å². The Kier molecular flexibility index (Phi) is 9.72. The van der Waals surface area contributed by atoms with Crippen LogP contribution in [0.2, 0.25) is 0 Å². The SMILES string of the molecule is C=C(CO[C@@H]1[C@H](NC(C)=O)[C@H](OCC#Cc2ccc(O)c(C(=O)O)c2)O[C@H]2CO[C@H](c3ccccc3)O[C@@H]12)C(=O)O. The van der Waals surface area contributed by atoms with Crippen molar-refractivity contribution in [2.24, 2.45) is 0 Å². The zero-order valence-electron chi connectivity index (χ0n) is 22.0. The summed E-state index contributed by atoms with van der Waals surface area (Å²) >= 11 is 0. The Labute approximate surface area is 235 Å². The van der Waals surface area contributed by atoms with Crippen molar-refractivity contribution in [3.63, 3.8) is 0 Å². The minimum Gasteiger partial charge on any atom is -0.507 e. The first-order chi connectivity index (χ1) is 19.6. The molecular formula is C29H29NO11. The van der Waals surface area contributed by atoms with Crippen LogP contribution in [-0.2, 0) is 33.3 Å². The van der Waals surface area contributed by atoms with Gasteiger partial charge in [0, 0.05) is 18.1 Å². The number of nitrogens with one attached hydrogen (secondary N) is 1. The molecule has 216 valence electrons. The monoisotopic (exact) mass is 567 g/mol. The van der Waals surface area contributed by atoms with Crippen molar-refractivity contribution < 1.29 is 53.4 Å². The number of ether oxygens (including phenoxy) is 5. The zero-order valence-corrected chi connectivity index (χ0v) is 22.0. The number of aromatic hydroxyl groups is 1. The number of phenols is 1. The molecule has 4 N–H and O–H groups in total. The molecule has 0 spiro atoms. The molecule has 2 fully saturated rings. The third-order valence-corrected chi connectivity index (χ3v) is 6.31. The van der Waals surface area contributed by atoms with Gasteiger partial charge in [0.2, 0.25) is 5.91 Å². The van der Waals surface area contributed by atoms with Crippen molar-refractivity contribution in [2.75, 3.05) is 19.8 Å². The van der Waals surface area contributed by atoms with Crippen LogP contribution in [0.15, 0.2) is 60.7 Å². The second-order valence-electron chi connectivity index (χ2n) is 9.28. The maximum atomic E-state index is 12.2. The van der Waals surface area contributed by atoms with E-state index in [0.29, 0.717) is 5.56 Å². The molecule has 2 heterocycles. The van der Waals surface area contributed by atoms with Gasteiger partial charge in [0.25, 0.3) is 0 Å². The van der Waals surface area contributed by atoms with Gasteiger partial charge in [-0.25, -0.2) is 9.59 Å². The highest BCUT2D eigenvalue weighted by atomic mass is 16.7. The van der Waals surface area contributed by atoms with Gasteiger partial charge in [-0.2, -0.15) is 0 Å². The average Bonchev–Trinajstić information content (AvgIpc) is 2.95. The molecule has 0 bridgehead atoms. The summed E-state index contributed by atoms with van der Waals surface area (Å²) in [6, 6.07) is 12.2. The lowest BCUT2D eigenvalue weighted by Crippen LogP contribution is -2.67. The fourth-order valence-corrected chi connectivity index (χ4v) is 4.39. The van der Waals surface area contributed by atoms with Gasteiger partial charge in [0.15, 0.2) is 12.6 Å². The second kappa shape index (κ2) is 13.4. The first kappa shape index (κ1) is 29.7. The molecule has 2 aliphatic rings. The standard InChI is InChI=1S/C29H29NO11/c1-16(26(33)34)14-38-25-23(30-17(2)31)29(37-12-6-7-18-10-11-21(32)20(13-18)27(35)36)40-22-15-39-28(41-24(22)25)19-8-4-3-5-9-19/h3-5,8-11,13,22-25,28-29,32H,1,12,14-15H2,2H3,(H,30,31)(H,33,34)(H,35,36)/t22-,23-,24+,25+,28-,29+/m0/s1. The molecule has 1 amide bonds. The molecular weight excluding hydrogens is 538 g/mol. The van der Waals surface area contributed by atoms with Crippen LogP contribution < -0.4 is 5.32 Å². The molecule has 0 saturated carbocycles. The highest BCUT2D eigenvalue weighted by Crippen LogP contribution is 2.36. The van der Waals surface area contributed by atoms with Crippen molar-refractivity contribution in [1.29, 1.82) is 0 Å². The second-order valence-corrected chi connectivity index (χ2v) is 9.28. The van der Waals surface area contributed by atoms with Crippen molar-refractivity contribution in [3.8, 4) is 17.6 Å². The van der Waals surface area contributed by atoms with Gasteiger partial charge in [0.05, 0.1) is 18.8 Å². The van der Waals surface area contributed by atoms with E-state index in [1.165, 1.54) is 25.1 Å². The highest BCUT2D eigenvalue weighted by molar-refractivity contribution is 5.91. The lowest BCUT2D eigenvalue weighted by Gasteiger charge is -2.49. The summed E-state index contributed by atoms with van der Waals surface area (Å²) in [7, 11) is 0. The molecule has 12 nitrogen and oxygen atoms in total. The van der Waals surface area contributed by atoms with Crippen LogP contribution in [0.4, 0.5) is 0 Å². The molecule has 12 heteroatoms. The van der Waals surface area contributed by atoms with Gasteiger partial charge in [-0.1, -0.05) is 48.8 Å². The van der Waals surface area contributed by atoms with E-state index in [1.54, 1.807) is 0 Å². The molecule has 2 saturated heterocycles. The number of aromatic carboxylic acids is 1. The Balaban J connectivity index is 1.54. The molecule has 41 heavy (non-hydrogen) atoms. The van der Waals surface area contributed by atoms with Gasteiger partial charge < -0.3 is 44.3 Å². The number of benzene rings is 2. The molecule has 0 aliphatic carbocycles. The summed E-state index contributed by atoms with van der Waals surface area (Å²) in [4.78, 5) is 34.8. The molecule has 4 rings (SSSR count). The Hall–Kier alpha value is -4.25. The number of carboxylic acid groups (broad SMARTS) is 2. The van der Waals surface area contributed by atoms with Gasteiger partial charge in [0.1, 0.15) is 42.3 Å². The Morgan fingerprint density at radius 2 is 1.85 bits per heavy atom. The van der Waals surface area contributed by atoms with Crippen LogP contribution in [0.5, 0.6) is 5.75 Å². The predicted molar refractivity (Wildman–Crippen MR) is 141 cm³/mol. The van der Waals surface area contributed by atoms with Crippen molar-refractivity contribution >= 4 is 17.8 Å².